The van der Waals surface area contributed by atoms with Gasteiger partial charge in [0.25, 0.3) is 0 Å². The summed E-state index contributed by atoms with van der Waals surface area (Å²) < 4.78 is 6.19. The molecule has 1 aliphatic rings. The SMILES string of the molecule is CC(C)CC(CNC(=O)N(C)Cc1ccc(Cl)s1)N1CCOCC1. The summed E-state index contributed by atoms with van der Waals surface area (Å²) in [6.07, 6.45) is 1.07. The molecular weight excluding hydrogens is 346 g/mol. The summed E-state index contributed by atoms with van der Waals surface area (Å²) >= 11 is 7.45. The number of rotatable bonds is 7. The van der Waals surface area contributed by atoms with Crippen LogP contribution in [0, 0.1) is 5.92 Å². The molecule has 1 unspecified atom stereocenters. The van der Waals surface area contributed by atoms with Gasteiger partial charge in [-0.1, -0.05) is 25.4 Å². The molecule has 2 amide bonds. The lowest BCUT2D eigenvalue weighted by Crippen LogP contribution is -2.50. The number of carbonyl (C=O) groups is 1. The third-order valence-corrected chi connectivity index (χ3v) is 5.38. The molecule has 1 saturated heterocycles. The first-order valence-electron chi connectivity index (χ1n) is 8.50. The van der Waals surface area contributed by atoms with Gasteiger partial charge in [-0.15, -0.1) is 11.3 Å². The minimum absolute atomic E-state index is 0.0402. The first-order valence-corrected chi connectivity index (χ1v) is 9.70. The Morgan fingerprint density at radius 1 is 1.42 bits per heavy atom. The summed E-state index contributed by atoms with van der Waals surface area (Å²) in [5.41, 5.74) is 0. The van der Waals surface area contributed by atoms with E-state index in [4.69, 9.17) is 16.3 Å². The molecule has 1 atom stereocenters. The summed E-state index contributed by atoms with van der Waals surface area (Å²) in [6.45, 7) is 9.14. The number of nitrogens with one attached hydrogen (secondary N) is 1. The quantitative estimate of drug-likeness (QED) is 0.797. The van der Waals surface area contributed by atoms with E-state index >= 15 is 0 Å². The number of hydrogen-bond donors (Lipinski definition) is 1. The predicted molar refractivity (Wildman–Crippen MR) is 99.8 cm³/mol. The van der Waals surface area contributed by atoms with Crippen molar-refractivity contribution in [2.75, 3.05) is 39.9 Å². The maximum atomic E-state index is 12.4. The first-order chi connectivity index (χ1) is 11.5. The number of carbonyl (C=O) groups excluding carboxylic acids is 1. The van der Waals surface area contributed by atoms with E-state index in [0.717, 1.165) is 41.9 Å². The van der Waals surface area contributed by atoms with Gasteiger partial charge in [-0.25, -0.2) is 4.79 Å². The van der Waals surface area contributed by atoms with E-state index < -0.39 is 0 Å². The minimum Gasteiger partial charge on any atom is -0.379 e. The molecule has 1 aliphatic heterocycles. The first kappa shape index (κ1) is 19.5. The molecule has 1 aromatic heterocycles. The molecule has 2 rings (SSSR count). The number of amides is 2. The van der Waals surface area contributed by atoms with E-state index in [1.165, 1.54) is 11.3 Å². The van der Waals surface area contributed by atoms with Crippen molar-refractivity contribution < 1.29 is 9.53 Å². The smallest absolute Gasteiger partial charge is 0.317 e. The topological polar surface area (TPSA) is 44.8 Å². The van der Waals surface area contributed by atoms with Gasteiger partial charge >= 0.3 is 6.03 Å². The molecule has 1 fully saturated rings. The summed E-state index contributed by atoms with van der Waals surface area (Å²) in [7, 11) is 1.81. The number of morpholine rings is 1. The van der Waals surface area contributed by atoms with Crippen LogP contribution < -0.4 is 5.32 Å². The lowest BCUT2D eigenvalue weighted by Gasteiger charge is -2.35. The van der Waals surface area contributed by atoms with E-state index in [0.29, 0.717) is 25.0 Å². The third kappa shape index (κ3) is 6.24. The van der Waals surface area contributed by atoms with Crippen LogP contribution in [0.25, 0.3) is 0 Å². The predicted octanol–water partition coefficient (Wildman–Crippen LogP) is 3.29. The Hall–Kier alpha value is -0.820. The minimum atomic E-state index is -0.0402. The van der Waals surface area contributed by atoms with Gasteiger partial charge in [-0.05, 0) is 24.5 Å². The summed E-state index contributed by atoms with van der Waals surface area (Å²) in [5.74, 6) is 0.598. The van der Waals surface area contributed by atoms with Gasteiger partial charge in [0, 0.05) is 37.6 Å². The fourth-order valence-corrected chi connectivity index (χ4v) is 4.07. The highest BCUT2D eigenvalue weighted by molar-refractivity contribution is 7.16. The average molecular weight is 374 g/mol. The molecule has 0 radical (unpaired) electrons. The van der Waals surface area contributed by atoms with Crippen LogP contribution in [-0.4, -0.2) is 61.8 Å². The van der Waals surface area contributed by atoms with Crippen molar-refractivity contribution >= 4 is 29.0 Å². The van der Waals surface area contributed by atoms with E-state index in [1.54, 1.807) is 4.90 Å². The number of thiophene rings is 1. The molecule has 1 aromatic rings. The Labute approximate surface area is 153 Å². The Bertz CT molecular complexity index is 518. The van der Waals surface area contributed by atoms with Crippen LogP contribution in [0.15, 0.2) is 12.1 Å². The molecule has 0 saturated carbocycles. The van der Waals surface area contributed by atoms with Gasteiger partial charge in [0.1, 0.15) is 0 Å². The van der Waals surface area contributed by atoms with Crippen molar-refractivity contribution in [3.8, 4) is 0 Å². The monoisotopic (exact) mass is 373 g/mol. The van der Waals surface area contributed by atoms with E-state index in [2.05, 4.69) is 24.1 Å². The van der Waals surface area contributed by atoms with Crippen molar-refractivity contribution in [2.45, 2.75) is 32.9 Å². The number of nitrogens with zero attached hydrogens (tertiary/aromatic N) is 2. The average Bonchev–Trinajstić information content (AvgIpc) is 2.96. The Morgan fingerprint density at radius 2 is 2.12 bits per heavy atom. The van der Waals surface area contributed by atoms with Crippen molar-refractivity contribution in [1.82, 2.24) is 15.1 Å². The second kappa shape index (κ2) is 9.61. The zero-order valence-electron chi connectivity index (χ0n) is 14.8. The molecule has 1 N–H and O–H groups in total. The Kier molecular flexibility index (Phi) is 7.81. The molecule has 0 aliphatic carbocycles. The highest BCUT2D eigenvalue weighted by Gasteiger charge is 2.23. The van der Waals surface area contributed by atoms with Crippen molar-refractivity contribution in [1.29, 1.82) is 0 Å². The molecule has 0 bridgehead atoms. The molecule has 2 heterocycles. The molecule has 0 spiro atoms. The number of urea groups is 1. The normalized spacial score (nSPS) is 17.0. The second-order valence-electron chi connectivity index (χ2n) is 6.68. The highest BCUT2D eigenvalue weighted by Crippen LogP contribution is 2.22. The van der Waals surface area contributed by atoms with Gasteiger partial charge in [0.05, 0.1) is 24.1 Å². The molecule has 7 heteroatoms. The lowest BCUT2D eigenvalue weighted by atomic mass is 10.0. The molecule has 24 heavy (non-hydrogen) atoms. The van der Waals surface area contributed by atoms with Crippen molar-refractivity contribution in [3.05, 3.63) is 21.3 Å². The number of halogens is 1. The number of hydrogen-bond acceptors (Lipinski definition) is 4. The number of ether oxygens (including phenoxy) is 1. The third-order valence-electron chi connectivity index (χ3n) is 4.16. The van der Waals surface area contributed by atoms with Gasteiger partial charge in [0.15, 0.2) is 0 Å². The summed E-state index contributed by atoms with van der Waals surface area (Å²) in [4.78, 5) is 17.6. The van der Waals surface area contributed by atoms with Crippen LogP contribution in [-0.2, 0) is 11.3 Å². The van der Waals surface area contributed by atoms with Crippen LogP contribution in [0.2, 0.25) is 4.34 Å². The van der Waals surface area contributed by atoms with Crippen LogP contribution in [0.5, 0.6) is 0 Å². The van der Waals surface area contributed by atoms with Crippen molar-refractivity contribution in [3.63, 3.8) is 0 Å². The molecule has 136 valence electrons. The zero-order chi connectivity index (χ0) is 17.5. The Morgan fingerprint density at radius 3 is 2.71 bits per heavy atom. The maximum absolute atomic E-state index is 12.4. The second-order valence-corrected chi connectivity index (χ2v) is 8.48. The van der Waals surface area contributed by atoms with Crippen LogP contribution in [0.4, 0.5) is 4.79 Å². The zero-order valence-corrected chi connectivity index (χ0v) is 16.3. The van der Waals surface area contributed by atoms with E-state index in [-0.39, 0.29) is 6.03 Å². The van der Waals surface area contributed by atoms with E-state index in [9.17, 15) is 4.79 Å². The highest BCUT2D eigenvalue weighted by atomic mass is 35.5. The molecule has 0 aromatic carbocycles. The molecule has 5 nitrogen and oxygen atoms in total. The van der Waals surface area contributed by atoms with Crippen LogP contribution in [0.1, 0.15) is 25.1 Å². The van der Waals surface area contributed by atoms with Crippen LogP contribution in [0.3, 0.4) is 0 Å². The van der Waals surface area contributed by atoms with Gasteiger partial charge in [-0.2, -0.15) is 0 Å². The van der Waals surface area contributed by atoms with Crippen LogP contribution >= 0.6 is 22.9 Å². The van der Waals surface area contributed by atoms with Gasteiger partial charge in [-0.3, -0.25) is 4.90 Å². The largest absolute Gasteiger partial charge is 0.379 e. The standard InChI is InChI=1S/C17H28ClN3O2S/c1-13(2)10-14(21-6-8-23-9-7-21)11-19-17(22)20(3)12-15-4-5-16(18)24-15/h4-5,13-14H,6-12H2,1-3H3,(H,19,22). The molecular formula is C17H28ClN3O2S. The fraction of sp³-hybridized carbons (Fsp3) is 0.706. The van der Waals surface area contributed by atoms with Gasteiger partial charge < -0.3 is 15.0 Å². The summed E-state index contributed by atoms with van der Waals surface area (Å²) in [5, 5.41) is 3.09. The summed E-state index contributed by atoms with van der Waals surface area (Å²) in [6, 6.07) is 4.15. The van der Waals surface area contributed by atoms with Crippen molar-refractivity contribution in [2.24, 2.45) is 5.92 Å². The maximum Gasteiger partial charge on any atom is 0.317 e. The van der Waals surface area contributed by atoms with Gasteiger partial charge in [0.2, 0.25) is 0 Å². The fourth-order valence-electron chi connectivity index (χ4n) is 2.93. The van der Waals surface area contributed by atoms with E-state index in [1.807, 2.05) is 19.2 Å². The lowest BCUT2D eigenvalue weighted by molar-refractivity contribution is 0.0127. The Balaban J connectivity index is 1.83.